The van der Waals surface area contributed by atoms with E-state index in [0.29, 0.717) is 16.9 Å². The molecular weight excluding hydrogens is 454 g/mol. The smallest absolute Gasteiger partial charge is 0.338 e. The van der Waals surface area contributed by atoms with Gasteiger partial charge in [0.15, 0.2) is 17.7 Å². The highest BCUT2D eigenvalue weighted by atomic mass is 32.2. The van der Waals surface area contributed by atoms with Crippen LogP contribution in [0.15, 0.2) is 66.7 Å². The van der Waals surface area contributed by atoms with Gasteiger partial charge in [0.25, 0.3) is 5.91 Å². The van der Waals surface area contributed by atoms with Crippen molar-refractivity contribution in [1.82, 2.24) is 0 Å². The number of hydrogen-bond acceptors (Lipinski definition) is 6. The van der Waals surface area contributed by atoms with Crippen LogP contribution in [0, 0.1) is 0 Å². The Labute approximate surface area is 198 Å². The number of carbonyl (C=O) groups excluding carboxylic acids is 4. The normalized spacial score (nSPS) is 13.9. The fourth-order valence-electron chi connectivity index (χ4n) is 3.79. The lowest BCUT2D eigenvalue weighted by Gasteiger charge is -2.21. The van der Waals surface area contributed by atoms with Gasteiger partial charge in [0.2, 0.25) is 0 Å². The molecule has 2 atom stereocenters. The summed E-state index contributed by atoms with van der Waals surface area (Å²) in [7, 11) is -1.07. The molecule has 3 aromatic rings. The Morgan fingerprint density at radius 1 is 0.912 bits per heavy atom. The SMILES string of the molecule is CC(OC(=O)c1cccc(CS(C)=O)c1)C(=O)Nc1cccc2c1C(=O)c1ccccc1C2=O. The molecule has 0 saturated heterocycles. The van der Waals surface area contributed by atoms with Crippen LogP contribution in [0.5, 0.6) is 0 Å². The summed E-state index contributed by atoms with van der Waals surface area (Å²) in [5.41, 5.74) is 2.03. The first kappa shape index (κ1) is 23.3. The molecule has 2 unspecified atom stereocenters. The molecule has 1 aliphatic carbocycles. The summed E-state index contributed by atoms with van der Waals surface area (Å²) in [6.07, 6.45) is 0.394. The van der Waals surface area contributed by atoms with E-state index in [0.717, 1.165) is 0 Å². The first-order valence-electron chi connectivity index (χ1n) is 10.5. The summed E-state index contributed by atoms with van der Waals surface area (Å²) >= 11 is 0. The van der Waals surface area contributed by atoms with Crippen molar-refractivity contribution in [2.24, 2.45) is 0 Å². The monoisotopic (exact) mass is 475 g/mol. The van der Waals surface area contributed by atoms with Crippen LogP contribution in [0.3, 0.4) is 0 Å². The maximum Gasteiger partial charge on any atom is 0.338 e. The topological polar surface area (TPSA) is 107 Å². The third-order valence-corrected chi connectivity index (χ3v) is 6.14. The van der Waals surface area contributed by atoms with Crippen LogP contribution in [0.1, 0.15) is 54.7 Å². The van der Waals surface area contributed by atoms with Crippen LogP contribution in [0.4, 0.5) is 5.69 Å². The van der Waals surface area contributed by atoms with Crippen molar-refractivity contribution in [2.75, 3.05) is 11.6 Å². The van der Waals surface area contributed by atoms with Crippen LogP contribution < -0.4 is 5.32 Å². The average Bonchev–Trinajstić information content (AvgIpc) is 2.82. The van der Waals surface area contributed by atoms with Gasteiger partial charge in [0, 0.05) is 39.5 Å². The molecule has 34 heavy (non-hydrogen) atoms. The number of nitrogens with one attached hydrogen (secondary N) is 1. The van der Waals surface area contributed by atoms with E-state index in [1.54, 1.807) is 66.9 Å². The van der Waals surface area contributed by atoms with E-state index in [9.17, 15) is 23.4 Å². The van der Waals surface area contributed by atoms with Gasteiger partial charge in [-0.25, -0.2) is 4.79 Å². The number of fused-ring (bicyclic) bond motifs is 2. The maximum atomic E-state index is 13.1. The molecule has 0 heterocycles. The Morgan fingerprint density at radius 3 is 2.26 bits per heavy atom. The zero-order valence-corrected chi connectivity index (χ0v) is 19.3. The summed E-state index contributed by atoms with van der Waals surface area (Å²) in [5, 5.41) is 2.62. The van der Waals surface area contributed by atoms with Crippen molar-refractivity contribution in [3.63, 3.8) is 0 Å². The highest BCUT2D eigenvalue weighted by molar-refractivity contribution is 7.83. The number of anilines is 1. The highest BCUT2D eigenvalue weighted by Gasteiger charge is 2.32. The van der Waals surface area contributed by atoms with E-state index in [1.807, 2.05) is 0 Å². The van der Waals surface area contributed by atoms with Crippen molar-refractivity contribution < 1.29 is 28.1 Å². The van der Waals surface area contributed by atoms with Crippen molar-refractivity contribution in [3.05, 3.63) is 100 Å². The quantitative estimate of drug-likeness (QED) is 0.428. The van der Waals surface area contributed by atoms with Crippen LogP contribution in [-0.4, -0.2) is 40.0 Å². The van der Waals surface area contributed by atoms with Gasteiger partial charge in [0.1, 0.15) is 0 Å². The second kappa shape index (κ2) is 9.52. The minimum absolute atomic E-state index is 0.110. The Hall–Kier alpha value is -3.91. The summed E-state index contributed by atoms with van der Waals surface area (Å²) in [6.45, 7) is 1.41. The lowest BCUT2D eigenvalue weighted by Crippen LogP contribution is -2.31. The number of amides is 1. The molecule has 1 N–H and O–H groups in total. The van der Waals surface area contributed by atoms with Gasteiger partial charge in [-0.3, -0.25) is 18.6 Å². The number of ketones is 2. The second-order valence-electron chi connectivity index (χ2n) is 7.89. The fraction of sp³-hybridized carbons (Fsp3) is 0.154. The summed E-state index contributed by atoms with van der Waals surface area (Å²) in [4.78, 5) is 51.3. The Balaban J connectivity index is 1.52. The Morgan fingerprint density at radius 2 is 1.56 bits per heavy atom. The van der Waals surface area contributed by atoms with Crippen molar-refractivity contribution in [2.45, 2.75) is 18.8 Å². The average molecular weight is 476 g/mol. The number of esters is 1. The van der Waals surface area contributed by atoms with Crippen molar-refractivity contribution in [3.8, 4) is 0 Å². The number of carbonyl (C=O) groups is 4. The molecule has 1 amide bonds. The van der Waals surface area contributed by atoms with Crippen molar-refractivity contribution >= 4 is 39.9 Å². The highest BCUT2D eigenvalue weighted by Crippen LogP contribution is 2.32. The van der Waals surface area contributed by atoms with Gasteiger partial charge < -0.3 is 10.1 Å². The lowest BCUT2D eigenvalue weighted by molar-refractivity contribution is -0.123. The fourth-order valence-corrected chi connectivity index (χ4v) is 4.44. The summed E-state index contributed by atoms with van der Waals surface area (Å²) in [6, 6.07) is 17.7. The minimum Gasteiger partial charge on any atom is -0.449 e. The largest absolute Gasteiger partial charge is 0.449 e. The van der Waals surface area contributed by atoms with Gasteiger partial charge in [-0.15, -0.1) is 0 Å². The molecule has 4 rings (SSSR count). The molecule has 0 spiro atoms. The van der Waals surface area contributed by atoms with E-state index in [2.05, 4.69) is 5.32 Å². The van der Waals surface area contributed by atoms with Crippen LogP contribution >= 0.6 is 0 Å². The van der Waals surface area contributed by atoms with Crippen LogP contribution in [0.25, 0.3) is 0 Å². The van der Waals surface area contributed by atoms with Gasteiger partial charge in [-0.05, 0) is 30.7 Å². The van der Waals surface area contributed by atoms with Crippen molar-refractivity contribution in [1.29, 1.82) is 0 Å². The molecular formula is C26H21NO6S. The molecule has 0 radical (unpaired) electrons. The Kier molecular flexibility index (Phi) is 6.51. The van der Waals surface area contributed by atoms with Gasteiger partial charge in [0.05, 0.1) is 16.8 Å². The number of benzene rings is 3. The van der Waals surface area contributed by atoms with Crippen LogP contribution in [0.2, 0.25) is 0 Å². The number of ether oxygens (including phenoxy) is 1. The maximum absolute atomic E-state index is 13.1. The lowest BCUT2D eigenvalue weighted by atomic mass is 9.83. The molecule has 172 valence electrons. The van der Waals surface area contributed by atoms with E-state index in [1.165, 1.54) is 13.0 Å². The molecule has 3 aromatic carbocycles. The first-order chi connectivity index (χ1) is 16.3. The minimum atomic E-state index is -1.17. The number of hydrogen-bond donors (Lipinski definition) is 1. The zero-order valence-electron chi connectivity index (χ0n) is 18.5. The molecule has 7 nitrogen and oxygen atoms in total. The van der Waals surface area contributed by atoms with E-state index >= 15 is 0 Å². The third-order valence-electron chi connectivity index (χ3n) is 5.40. The molecule has 0 saturated carbocycles. The molecule has 0 fully saturated rings. The number of rotatable bonds is 6. The van der Waals surface area contributed by atoms with Gasteiger partial charge in [-0.1, -0.05) is 48.5 Å². The molecule has 0 bridgehead atoms. The molecule has 1 aliphatic rings. The summed E-state index contributed by atoms with van der Waals surface area (Å²) < 4.78 is 16.7. The standard InChI is InChI=1S/C26H21NO6S/c1-15(33-26(31)17-8-5-7-16(13-17)14-34(2)32)25(30)27-21-12-6-11-20-22(21)24(29)19-10-4-3-9-18(19)23(20)28/h3-13,15H,14H2,1-2H3,(H,27,30). The van der Waals surface area contributed by atoms with Crippen LogP contribution in [-0.2, 0) is 26.1 Å². The predicted octanol–water partition coefficient (Wildman–Crippen LogP) is 3.52. The van der Waals surface area contributed by atoms with E-state index in [-0.39, 0.29) is 39.5 Å². The summed E-state index contributed by atoms with van der Waals surface area (Å²) in [5.74, 6) is -1.72. The Bertz CT molecular complexity index is 1360. The van der Waals surface area contributed by atoms with E-state index in [4.69, 9.17) is 4.74 Å². The van der Waals surface area contributed by atoms with E-state index < -0.39 is 28.8 Å². The first-order valence-corrected chi connectivity index (χ1v) is 12.2. The second-order valence-corrected chi connectivity index (χ2v) is 9.32. The molecule has 0 aliphatic heterocycles. The zero-order chi connectivity index (χ0) is 24.4. The van der Waals surface area contributed by atoms with Gasteiger partial charge in [-0.2, -0.15) is 0 Å². The van der Waals surface area contributed by atoms with Gasteiger partial charge >= 0.3 is 5.97 Å². The molecule has 8 heteroatoms. The molecule has 0 aromatic heterocycles. The third kappa shape index (κ3) is 4.58. The predicted molar refractivity (Wildman–Crippen MR) is 127 cm³/mol.